The number of benzene rings is 1. The third-order valence-corrected chi connectivity index (χ3v) is 4.64. The Morgan fingerprint density at radius 2 is 1.77 bits per heavy atom. The van der Waals surface area contributed by atoms with E-state index in [1.807, 2.05) is 12.1 Å². The van der Waals surface area contributed by atoms with Crippen molar-refractivity contribution in [2.75, 3.05) is 18.0 Å². The lowest BCUT2D eigenvalue weighted by Crippen LogP contribution is -2.31. The lowest BCUT2D eigenvalue weighted by atomic mass is 10.2. The summed E-state index contributed by atoms with van der Waals surface area (Å²) in [5.41, 5.74) is 1.75. The van der Waals surface area contributed by atoms with Crippen LogP contribution in [0.15, 0.2) is 59.7 Å². The van der Waals surface area contributed by atoms with Gasteiger partial charge in [0.1, 0.15) is 5.82 Å². The fourth-order valence-corrected chi connectivity index (χ4v) is 3.27. The first kappa shape index (κ1) is 16.4. The van der Waals surface area contributed by atoms with Crippen LogP contribution in [0.2, 0.25) is 0 Å². The number of nitrogens with zero attached hydrogens (tertiary/aromatic N) is 4. The standard InChI is InChI=1S/C20H19FN4O/c21-17-6-2-1-5-16(17)14-25-19(26)13-18(15-7-9-22-10-8-15)23-20(25)24-11-3-4-12-24/h1-2,5-10,13H,3-4,11-12,14H2. The van der Waals surface area contributed by atoms with E-state index in [1.165, 1.54) is 12.1 Å². The topological polar surface area (TPSA) is 51.0 Å². The summed E-state index contributed by atoms with van der Waals surface area (Å²) in [4.78, 5) is 23.7. The molecule has 0 atom stereocenters. The number of rotatable bonds is 4. The normalized spacial score (nSPS) is 14.0. The lowest BCUT2D eigenvalue weighted by Gasteiger charge is -2.22. The highest BCUT2D eigenvalue weighted by Crippen LogP contribution is 2.22. The van der Waals surface area contributed by atoms with Crippen LogP contribution in [-0.2, 0) is 6.54 Å². The number of anilines is 1. The molecule has 0 aliphatic carbocycles. The third-order valence-electron chi connectivity index (χ3n) is 4.64. The van der Waals surface area contributed by atoms with Gasteiger partial charge in [0.15, 0.2) is 0 Å². The van der Waals surface area contributed by atoms with Crippen molar-refractivity contribution in [2.24, 2.45) is 0 Å². The molecular formula is C20H19FN4O. The quantitative estimate of drug-likeness (QED) is 0.726. The van der Waals surface area contributed by atoms with Gasteiger partial charge in [-0.1, -0.05) is 18.2 Å². The second kappa shape index (κ2) is 7.07. The second-order valence-corrected chi connectivity index (χ2v) is 6.39. The molecule has 0 N–H and O–H groups in total. The molecule has 5 nitrogen and oxygen atoms in total. The Hall–Kier alpha value is -3.02. The van der Waals surface area contributed by atoms with E-state index in [9.17, 15) is 9.18 Å². The first-order valence-corrected chi connectivity index (χ1v) is 8.73. The third kappa shape index (κ3) is 3.22. The molecule has 26 heavy (non-hydrogen) atoms. The molecule has 0 spiro atoms. The molecule has 2 aromatic heterocycles. The number of pyridine rings is 1. The minimum Gasteiger partial charge on any atom is -0.342 e. The van der Waals surface area contributed by atoms with Crippen molar-refractivity contribution in [1.82, 2.24) is 14.5 Å². The van der Waals surface area contributed by atoms with Crippen LogP contribution in [-0.4, -0.2) is 27.6 Å². The summed E-state index contributed by atoms with van der Waals surface area (Å²) in [6, 6.07) is 11.7. The number of aromatic nitrogens is 3. The van der Waals surface area contributed by atoms with Gasteiger partial charge >= 0.3 is 0 Å². The molecule has 1 aromatic carbocycles. The summed E-state index contributed by atoms with van der Waals surface area (Å²) in [5.74, 6) is 0.287. The second-order valence-electron chi connectivity index (χ2n) is 6.39. The van der Waals surface area contributed by atoms with Gasteiger partial charge in [-0.25, -0.2) is 9.37 Å². The Labute approximate surface area is 150 Å². The molecule has 1 saturated heterocycles. The minimum absolute atomic E-state index is 0.168. The zero-order chi connectivity index (χ0) is 17.9. The Bertz CT molecular complexity index is 965. The van der Waals surface area contributed by atoms with Gasteiger partial charge in [-0.3, -0.25) is 14.3 Å². The molecule has 3 aromatic rings. The molecule has 0 bridgehead atoms. The van der Waals surface area contributed by atoms with E-state index in [0.717, 1.165) is 31.5 Å². The molecule has 1 aliphatic heterocycles. The summed E-state index contributed by atoms with van der Waals surface area (Å²) in [6.07, 6.45) is 5.49. The van der Waals surface area contributed by atoms with E-state index in [-0.39, 0.29) is 17.9 Å². The molecule has 1 fully saturated rings. The van der Waals surface area contributed by atoms with Gasteiger partial charge in [-0.15, -0.1) is 0 Å². The van der Waals surface area contributed by atoms with E-state index in [4.69, 9.17) is 4.98 Å². The Morgan fingerprint density at radius 3 is 2.50 bits per heavy atom. The van der Waals surface area contributed by atoms with Crippen LogP contribution in [0, 0.1) is 5.82 Å². The van der Waals surface area contributed by atoms with Crippen molar-refractivity contribution in [3.63, 3.8) is 0 Å². The average Bonchev–Trinajstić information content (AvgIpc) is 3.20. The van der Waals surface area contributed by atoms with Crippen molar-refractivity contribution in [3.8, 4) is 11.3 Å². The largest absolute Gasteiger partial charge is 0.342 e. The van der Waals surface area contributed by atoms with Gasteiger partial charge in [-0.05, 0) is 31.0 Å². The van der Waals surface area contributed by atoms with E-state index in [2.05, 4.69) is 9.88 Å². The lowest BCUT2D eigenvalue weighted by molar-refractivity contribution is 0.592. The van der Waals surface area contributed by atoms with Gasteiger partial charge in [0.2, 0.25) is 5.95 Å². The van der Waals surface area contributed by atoms with Crippen LogP contribution >= 0.6 is 0 Å². The number of hydrogen-bond acceptors (Lipinski definition) is 4. The molecule has 1 aliphatic rings. The monoisotopic (exact) mass is 350 g/mol. The summed E-state index contributed by atoms with van der Waals surface area (Å²) in [5, 5.41) is 0. The highest BCUT2D eigenvalue weighted by molar-refractivity contribution is 5.59. The molecule has 0 amide bonds. The molecule has 6 heteroatoms. The summed E-state index contributed by atoms with van der Waals surface area (Å²) in [7, 11) is 0. The fraction of sp³-hybridized carbons (Fsp3) is 0.250. The molecule has 0 radical (unpaired) electrons. The maximum absolute atomic E-state index is 14.1. The molecule has 3 heterocycles. The van der Waals surface area contributed by atoms with E-state index < -0.39 is 0 Å². The van der Waals surface area contributed by atoms with Gasteiger partial charge in [0, 0.05) is 42.7 Å². The van der Waals surface area contributed by atoms with Gasteiger partial charge in [0.05, 0.1) is 12.2 Å². The van der Waals surface area contributed by atoms with Crippen molar-refractivity contribution in [2.45, 2.75) is 19.4 Å². The van der Waals surface area contributed by atoms with Crippen molar-refractivity contribution in [3.05, 3.63) is 76.6 Å². The molecule has 0 unspecified atom stereocenters. The Balaban J connectivity index is 1.82. The van der Waals surface area contributed by atoms with Gasteiger partial charge in [0.25, 0.3) is 5.56 Å². The summed E-state index contributed by atoms with van der Waals surface area (Å²) >= 11 is 0. The predicted molar refractivity (Wildman–Crippen MR) is 98.7 cm³/mol. The van der Waals surface area contributed by atoms with Crippen LogP contribution < -0.4 is 10.5 Å². The van der Waals surface area contributed by atoms with Crippen molar-refractivity contribution >= 4 is 5.95 Å². The summed E-state index contributed by atoms with van der Waals surface area (Å²) in [6.45, 7) is 1.87. The van der Waals surface area contributed by atoms with E-state index in [0.29, 0.717) is 17.2 Å². The number of halogens is 1. The first-order valence-electron chi connectivity index (χ1n) is 8.73. The minimum atomic E-state index is -0.315. The highest BCUT2D eigenvalue weighted by Gasteiger charge is 2.20. The fourth-order valence-electron chi connectivity index (χ4n) is 3.27. The smallest absolute Gasteiger partial charge is 0.255 e. The Kier molecular flexibility index (Phi) is 4.48. The van der Waals surface area contributed by atoms with Crippen molar-refractivity contribution < 1.29 is 4.39 Å². The highest BCUT2D eigenvalue weighted by atomic mass is 19.1. The maximum atomic E-state index is 14.1. The van der Waals surface area contributed by atoms with Crippen LogP contribution in [0.3, 0.4) is 0 Å². The zero-order valence-electron chi connectivity index (χ0n) is 14.3. The first-order chi connectivity index (χ1) is 12.7. The molecule has 0 saturated carbocycles. The molecular weight excluding hydrogens is 331 g/mol. The van der Waals surface area contributed by atoms with Crippen LogP contribution in [0.4, 0.5) is 10.3 Å². The van der Waals surface area contributed by atoms with Crippen LogP contribution in [0.5, 0.6) is 0 Å². The SMILES string of the molecule is O=c1cc(-c2ccncc2)nc(N2CCCC2)n1Cc1ccccc1F. The maximum Gasteiger partial charge on any atom is 0.255 e. The van der Waals surface area contributed by atoms with E-state index in [1.54, 1.807) is 35.2 Å². The number of hydrogen-bond donors (Lipinski definition) is 0. The predicted octanol–water partition coefficient (Wildman–Crippen LogP) is 3.09. The average molecular weight is 350 g/mol. The van der Waals surface area contributed by atoms with Crippen LogP contribution in [0.1, 0.15) is 18.4 Å². The molecule has 4 rings (SSSR count). The van der Waals surface area contributed by atoms with E-state index >= 15 is 0 Å². The van der Waals surface area contributed by atoms with Crippen molar-refractivity contribution in [1.29, 1.82) is 0 Å². The van der Waals surface area contributed by atoms with Crippen LogP contribution in [0.25, 0.3) is 11.3 Å². The van der Waals surface area contributed by atoms with Gasteiger partial charge < -0.3 is 4.90 Å². The zero-order valence-corrected chi connectivity index (χ0v) is 14.3. The Morgan fingerprint density at radius 1 is 1.04 bits per heavy atom. The molecule has 132 valence electrons. The van der Waals surface area contributed by atoms with Gasteiger partial charge in [-0.2, -0.15) is 0 Å². The summed E-state index contributed by atoms with van der Waals surface area (Å²) < 4.78 is 15.7.